The van der Waals surface area contributed by atoms with Crippen LogP contribution in [0.3, 0.4) is 0 Å². The number of nitrogens with zero attached hydrogens (tertiary/aromatic N) is 5. The molecule has 0 fully saturated rings. The number of carbonyl (C=O) groups excluding carboxylic acids is 1. The Kier molecular flexibility index (Phi) is 14.0. The van der Waals surface area contributed by atoms with Crippen molar-refractivity contribution < 1.29 is 32.2 Å². The highest BCUT2D eigenvalue weighted by Crippen LogP contribution is 2.40. The summed E-state index contributed by atoms with van der Waals surface area (Å²) in [5.41, 5.74) is 2.09. The van der Waals surface area contributed by atoms with Crippen molar-refractivity contribution >= 4 is 50.5 Å². The smallest absolute Gasteiger partial charge is 0.407 e. The molecule has 0 spiro atoms. The molecular formula is C39H45IN6O7S2. The quantitative estimate of drug-likeness (QED) is 0.0780. The third-order valence-corrected chi connectivity index (χ3v) is 12.3. The first-order valence-corrected chi connectivity index (χ1v) is 20.8. The largest absolute Gasteiger partial charge is 0.497 e. The number of amides is 1. The number of hydrogen-bond donors (Lipinski definition) is 1. The molecule has 0 saturated carbocycles. The lowest BCUT2D eigenvalue weighted by molar-refractivity contribution is 0.0513. The van der Waals surface area contributed by atoms with Crippen molar-refractivity contribution in [3.05, 3.63) is 105 Å². The maximum Gasteiger partial charge on any atom is 0.407 e. The van der Waals surface area contributed by atoms with E-state index in [0.717, 1.165) is 22.4 Å². The third-order valence-electron chi connectivity index (χ3n) is 8.12. The summed E-state index contributed by atoms with van der Waals surface area (Å²) in [6.07, 6.45) is -0.556. The maximum absolute atomic E-state index is 15.4. The van der Waals surface area contributed by atoms with E-state index in [0.29, 0.717) is 37.8 Å². The molecule has 5 rings (SSSR count). The van der Waals surface area contributed by atoms with E-state index in [2.05, 4.69) is 38.2 Å². The molecule has 4 aromatic carbocycles. The predicted molar refractivity (Wildman–Crippen MR) is 220 cm³/mol. The number of methoxy groups -OCH3 is 3. The highest BCUT2D eigenvalue weighted by atomic mass is 127. The lowest BCUT2D eigenvalue weighted by Crippen LogP contribution is -2.38. The molecule has 13 nitrogen and oxygen atoms in total. The topological polar surface area (TPSA) is 147 Å². The Bertz CT molecular complexity index is 2110. The Morgan fingerprint density at radius 3 is 1.84 bits per heavy atom. The molecule has 1 N–H and O–H groups in total. The number of carbonyl (C=O) groups is 1. The van der Waals surface area contributed by atoms with Crippen molar-refractivity contribution in [3.8, 4) is 28.6 Å². The molecule has 1 heterocycles. The molecule has 16 heteroatoms. The SMILES string of the molecule is COc1ccc(CN(Cc2ccc(OC)cc2)S(=O)(=O)c2c(SC[C@@H](C)NC(=O)OC(C)(C)C)ccc(I)c2-c2nnn(Cc3ccc(OC)cc3)n2)cc1. The zero-order valence-electron chi connectivity index (χ0n) is 31.8. The van der Waals surface area contributed by atoms with Crippen LogP contribution < -0.4 is 19.5 Å². The van der Waals surface area contributed by atoms with E-state index in [9.17, 15) is 4.79 Å². The average molecular weight is 901 g/mol. The Morgan fingerprint density at radius 2 is 1.35 bits per heavy atom. The van der Waals surface area contributed by atoms with Crippen LogP contribution in [-0.4, -0.2) is 77.7 Å². The Balaban J connectivity index is 1.59. The summed E-state index contributed by atoms with van der Waals surface area (Å²) in [6.45, 7) is 7.64. The monoisotopic (exact) mass is 900 g/mol. The van der Waals surface area contributed by atoms with Crippen molar-refractivity contribution in [1.29, 1.82) is 0 Å². The summed E-state index contributed by atoms with van der Waals surface area (Å²) in [5.74, 6) is 2.54. The van der Waals surface area contributed by atoms with E-state index in [1.165, 1.54) is 20.9 Å². The van der Waals surface area contributed by atoms with Crippen molar-refractivity contribution in [2.45, 2.75) is 68.8 Å². The van der Waals surface area contributed by atoms with Gasteiger partial charge in [0.15, 0.2) is 0 Å². The number of tetrazole rings is 1. The number of aromatic nitrogens is 4. The van der Waals surface area contributed by atoms with E-state index in [-0.39, 0.29) is 29.9 Å². The lowest BCUT2D eigenvalue weighted by Gasteiger charge is -2.26. The van der Waals surface area contributed by atoms with Crippen LogP contribution in [0.5, 0.6) is 17.2 Å². The van der Waals surface area contributed by atoms with Crippen LogP contribution >= 0.6 is 34.4 Å². The van der Waals surface area contributed by atoms with Crippen molar-refractivity contribution in [3.63, 3.8) is 0 Å². The molecular weight excluding hydrogens is 856 g/mol. The van der Waals surface area contributed by atoms with Gasteiger partial charge in [-0.2, -0.15) is 9.10 Å². The Morgan fingerprint density at radius 1 is 0.836 bits per heavy atom. The molecule has 0 aliphatic heterocycles. The fourth-order valence-electron chi connectivity index (χ4n) is 5.41. The Hall–Kier alpha value is -4.39. The summed E-state index contributed by atoms with van der Waals surface area (Å²) < 4.78 is 54.3. The first-order valence-electron chi connectivity index (χ1n) is 17.3. The van der Waals surface area contributed by atoms with Crippen LogP contribution in [0.4, 0.5) is 4.79 Å². The number of rotatable bonds is 16. The molecule has 0 unspecified atom stereocenters. The molecule has 0 aliphatic carbocycles. The summed E-state index contributed by atoms with van der Waals surface area (Å²) in [4.78, 5) is 14.5. The summed E-state index contributed by atoms with van der Waals surface area (Å²) in [5, 5.41) is 16.2. The van der Waals surface area contributed by atoms with Crippen molar-refractivity contribution in [1.82, 2.24) is 29.8 Å². The van der Waals surface area contributed by atoms with Gasteiger partial charge in [-0.1, -0.05) is 36.4 Å². The number of ether oxygens (including phenoxy) is 4. The van der Waals surface area contributed by atoms with Crippen LogP contribution in [0.15, 0.2) is 94.7 Å². The van der Waals surface area contributed by atoms with E-state index in [1.54, 1.807) is 72.4 Å². The van der Waals surface area contributed by atoms with E-state index in [4.69, 9.17) is 24.0 Å². The fourth-order valence-corrected chi connectivity index (χ4v) is 9.37. The summed E-state index contributed by atoms with van der Waals surface area (Å²) >= 11 is 3.42. The van der Waals surface area contributed by atoms with E-state index < -0.39 is 21.7 Å². The van der Waals surface area contributed by atoms with E-state index >= 15 is 8.42 Å². The van der Waals surface area contributed by atoms with Crippen LogP contribution in [0.1, 0.15) is 44.4 Å². The predicted octanol–water partition coefficient (Wildman–Crippen LogP) is 7.42. The minimum atomic E-state index is -4.31. The first-order chi connectivity index (χ1) is 26.2. The molecule has 292 valence electrons. The lowest BCUT2D eigenvalue weighted by atomic mass is 10.2. The van der Waals surface area contributed by atoms with Gasteiger partial charge < -0.3 is 24.3 Å². The normalized spacial score (nSPS) is 12.3. The van der Waals surface area contributed by atoms with Crippen LogP contribution in [0.25, 0.3) is 11.4 Å². The second-order valence-corrected chi connectivity index (χ2v) is 17.7. The van der Waals surface area contributed by atoms with Crippen molar-refractivity contribution in [2.75, 3.05) is 27.1 Å². The van der Waals surface area contributed by atoms with Gasteiger partial charge in [0, 0.05) is 33.3 Å². The zero-order valence-corrected chi connectivity index (χ0v) is 35.6. The number of thioether (sulfide) groups is 1. The van der Waals surface area contributed by atoms with Crippen LogP contribution in [-0.2, 0) is 34.4 Å². The first kappa shape index (κ1) is 41.8. The number of halogens is 1. The number of alkyl carbamates (subject to hydrolysis) is 1. The zero-order chi connectivity index (χ0) is 39.8. The second-order valence-electron chi connectivity index (χ2n) is 13.6. The van der Waals surface area contributed by atoms with Gasteiger partial charge in [0.1, 0.15) is 27.7 Å². The highest BCUT2D eigenvalue weighted by molar-refractivity contribution is 14.1. The van der Waals surface area contributed by atoms with Gasteiger partial charge >= 0.3 is 6.09 Å². The van der Waals surface area contributed by atoms with Gasteiger partial charge in [0.25, 0.3) is 0 Å². The number of nitrogens with one attached hydrogen (secondary N) is 1. The summed E-state index contributed by atoms with van der Waals surface area (Å²) in [7, 11) is 0.457. The van der Waals surface area contributed by atoms with Crippen molar-refractivity contribution in [2.24, 2.45) is 0 Å². The number of sulfonamides is 1. The standard InChI is InChI=1S/C39H45IN6O7S2/c1-26(41-38(47)53-39(2,3)4)25-54-34-21-20-33(40)35(37-42-44-46(43-37)24-29-12-18-32(52-7)19-13-29)36(34)55(48,49)45(22-27-8-14-30(50-5)15-9-27)23-28-10-16-31(51-6)17-11-28/h8-21,26H,22-25H2,1-7H3,(H,41,47)/t26-/m1/s1. The van der Waals surface area contributed by atoms with Gasteiger partial charge in [0.05, 0.1) is 33.4 Å². The minimum Gasteiger partial charge on any atom is -0.497 e. The average Bonchev–Trinajstić information content (AvgIpc) is 3.61. The molecule has 0 radical (unpaired) electrons. The van der Waals surface area contributed by atoms with Gasteiger partial charge in [-0.15, -0.1) is 22.0 Å². The maximum atomic E-state index is 15.4. The van der Waals surface area contributed by atoms with Gasteiger partial charge in [-0.25, -0.2) is 13.2 Å². The molecule has 0 bridgehead atoms. The molecule has 1 aromatic heterocycles. The Labute approximate surface area is 340 Å². The number of benzene rings is 4. The number of hydrogen-bond acceptors (Lipinski definition) is 11. The molecule has 55 heavy (non-hydrogen) atoms. The molecule has 0 aliphatic rings. The molecule has 5 aromatic rings. The van der Waals surface area contributed by atoms with Gasteiger partial charge in [0.2, 0.25) is 15.8 Å². The van der Waals surface area contributed by atoms with E-state index in [1.807, 2.05) is 61.5 Å². The fraction of sp³-hybridized carbons (Fsp3) is 0.333. The van der Waals surface area contributed by atoms with Crippen LogP contribution in [0.2, 0.25) is 0 Å². The second kappa shape index (κ2) is 18.5. The third kappa shape index (κ3) is 11.3. The molecule has 0 saturated heterocycles. The molecule has 1 amide bonds. The summed E-state index contributed by atoms with van der Waals surface area (Å²) in [6, 6.07) is 25.3. The molecule has 1 atom stereocenters. The van der Waals surface area contributed by atoms with Crippen LogP contribution in [0, 0.1) is 3.57 Å². The van der Waals surface area contributed by atoms with Gasteiger partial charge in [-0.3, -0.25) is 0 Å². The highest BCUT2D eigenvalue weighted by Gasteiger charge is 2.34. The van der Waals surface area contributed by atoms with Gasteiger partial charge in [-0.05, 0) is 121 Å². The minimum absolute atomic E-state index is 0.0416.